The number of rotatable bonds is 5. The summed E-state index contributed by atoms with van der Waals surface area (Å²) in [5.41, 5.74) is 4.81. The number of thiocarbonyl (C=S) groups is 1. The lowest BCUT2D eigenvalue weighted by atomic mass is 10.1. The van der Waals surface area contributed by atoms with Crippen LogP contribution in [-0.2, 0) is 6.18 Å². The van der Waals surface area contributed by atoms with Crippen LogP contribution in [0.4, 0.5) is 13.2 Å². The Morgan fingerprint density at radius 2 is 1.85 bits per heavy atom. The summed E-state index contributed by atoms with van der Waals surface area (Å²) in [5, 5.41) is 0. The van der Waals surface area contributed by atoms with Gasteiger partial charge in [0.05, 0.1) is 17.1 Å². The molecule has 20 heavy (non-hydrogen) atoms. The Morgan fingerprint density at radius 1 is 1.30 bits per heavy atom. The molecule has 0 radical (unpaired) electrons. The fourth-order valence-electron chi connectivity index (χ4n) is 1.69. The summed E-state index contributed by atoms with van der Waals surface area (Å²) in [6, 6.07) is 4.09. The van der Waals surface area contributed by atoms with Crippen molar-refractivity contribution in [1.29, 1.82) is 0 Å². The van der Waals surface area contributed by atoms with E-state index in [1.54, 1.807) is 0 Å². The summed E-state index contributed by atoms with van der Waals surface area (Å²) in [6.07, 6.45) is -3.71. The molecule has 0 aliphatic rings. The standard InChI is InChI=1S/C13H15F3N2OS/c1-2-7-18(8-11(17)20)12(19)9-3-5-10(6-4-9)13(14,15)16/h3-6H,2,7-8H2,1H3,(H2,17,20). The molecule has 0 saturated carbocycles. The highest BCUT2D eigenvalue weighted by Crippen LogP contribution is 2.29. The molecule has 0 aromatic heterocycles. The molecular weight excluding hydrogens is 289 g/mol. The Bertz CT molecular complexity index is 485. The van der Waals surface area contributed by atoms with Gasteiger partial charge in [0.15, 0.2) is 0 Å². The summed E-state index contributed by atoms with van der Waals surface area (Å²) in [6.45, 7) is 2.44. The third kappa shape index (κ3) is 4.48. The number of alkyl halides is 3. The van der Waals surface area contributed by atoms with Gasteiger partial charge in [-0.2, -0.15) is 13.2 Å². The van der Waals surface area contributed by atoms with E-state index in [2.05, 4.69) is 0 Å². The van der Waals surface area contributed by atoms with Crippen molar-refractivity contribution in [1.82, 2.24) is 4.90 Å². The minimum Gasteiger partial charge on any atom is -0.392 e. The third-order valence-electron chi connectivity index (χ3n) is 2.59. The molecule has 110 valence electrons. The van der Waals surface area contributed by atoms with Gasteiger partial charge in [0.1, 0.15) is 0 Å². The zero-order chi connectivity index (χ0) is 15.3. The lowest BCUT2D eigenvalue weighted by molar-refractivity contribution is -0.137. The van der Waals surface area contributed by atoms with E-state index in [-0.39, 0.29) is 23.0 Å². The largest absolute Gasteiger partial charge is 0.416 e. The molecule has 0 spiro atoms. The molecule has 0 heterocycles. The fourth-order valence-corrected chi connectivity index (χ4v) is 1.85. The monoisotopic (exact) mass is 304 g/mol. The van der Waals surface area contributed by atoms with Crippen LogP contribution < -0.4 is 5.73 Å². The number of carbonyl (C=O) groups excluding carboxylic acids is 1. The van der Waals surface area contributed by atoms with Crippen molar-refractivity contribution in [3.8, 4) is 0 Å². The van der Waals surface area contributed by atoms with Crippen molar-refractivity contribution in [2.24, 2.45) is 5.73 Å². The first-order chi connectivity index (χ1) is 9.25. The zero-order valence-electron chi connectivity index (χ0n) is 10.9. The predicted octanol–water partition coefficient (Wildman–Crippen LogP) is 2.84. The average Bonchev–Trinajstić information content (AvgIpc) is 2.36. The van der Waals surface area contributed by atoms with E-state index >= 15 is 0 Å². The highest BCUT2D eigenvalue weighted by atomic mass is 32.1. The van der Waals surface area contributed by atoms with Crippen LogP contribution in [0.2, 0.25) is 0 Å². The van der Waals surface area contributed by atoms with E-state index in [4.69, 9.17) is 18.0 Å². The normalized spacial score (nSPS) is 11.2. The Balaban J connectivity index is 2.92. The Labute approximate surface area is 120 Å². The van der Waals surface area contributed by atoms with Crippen molar-refractivity contribution < 1.29 is 18.0 Å². The lowest BCUT2D eigenvalue weighted by Gasteiger charge is -2.21. The number of carbonyl (C=O) groups is 1. The van der Waals surface area contributed by atoms with Gasteiger partial charge in [-0.05, 0) is 30.7 Å². The van der Waals surface area contributed by atoms with E-state index < -0.39 is 11.7 Å². The molecule has 1 amide bonds. The van der Waals surface area contributed by atoms with Crippen molar-refractivity contribution in [3.05, 3.63) is 35.4 Å². The van der Waals surface area contributed by atoms with Gasteiger partial charge in [-0.25, -0.2) is 0 Å². The number of nitrogens with zero attached hydrogens (tertiary/aromatic N) is 1. The van der Waals surface area contributed by atoms with Gasteiger partial charge >= 0.3 is 6.18 Å². The fraction of sp³-hybridized carbons (Fsp3) is 0.385. The molecule has 0 aliphatic heterocycles. The van der Waals surface area contributed by atoms with E-state index in [0.29, 0.717) is 13.0 Å². The summed E-state index contributed by atoms with van der Waals surface area (Å²) < 4.78 is 37.3. The van der Waals surface area contributed by atoms with Gasteiger partial charge in [0.2, 0.25) is 0 Å². The number of hydrogen-bond acceptors (Lipinski definition) is 2. The van der Waals surface area contributed by atoms with Gasteiger partial charge in [-0.15, -0.1) is 0 Å². The van der Waals surface area contributed by atoms with Crippen molar-refractivity contribution in [3.63, 3.8) is 0 Å². The molecule has 0 bridgehead atoms. The molecule has 0 saturated heterocycles. The molecule has 0 atom stereocenters. The first kappa shape index (κ1) is 16.4. The molecule has 1 aromatic carbocycles. The van der Waals surface area contributed by atoms with Gasteiger partial charge in [0.25, 0.3) is 5.91 Å². The van der Waals surface area contributed by atoms with Crippen LogP contribution in [0.15, 0.2) is 24.3 Å². The zero-order valence-corrected chi connectivity index (χ0v) is 11.7. The highest BCUT2D eigenvalue weighted by Gasteiger charge is 2.30. The van der Waals surface area contributed by atoms with Gasteiger partial charge in [-0.1, -0.05) is 19.1 Å². The molecular formula is C13H15F3N2OS. The highest BCUT2D eigenvalue weighted by molar-refractivity contribution is 7.80. The molecule has 0 aliphatic carbocycles. The summed E-state index contributed by atoms with van der Waals surface area (Å²) in [5.74, 6) is -0.381. The van der Waals surface area contributed by atoms with Crippen LogP contribution in [0.1, 0.15) is 29.3 Å². The van der Waals surface area contributed by atoms with Crippen molar-refractivity contribution in [2.75, 3.05) is 13.1 Å². The second-order valence-corrected chi connectivity index (χ2v) is 4.79. The number of benzene rings is 1. The van der Waals surface area contributed by atoms with Crippen LogP contribution in [0, 0.1) is 0 Å². The van der Waals surface area contributed by atoms with Crippen LogP contribution >= 0.6 is 12.2 Å². The maximum atomic E-state index is 12.4. The maximum Gasteiger partial charge on any atom is 0.416 e. The number of amides is 1. The third-order valence-corrected chi connectivity index (χ3v) is 2.72. The molecule has 7 heteroatoms. The number of nitrogens with two attached hydrogens (primary N) is 1. The van der Waals surface area contributed by atoms with Gasteiger partial charge in [-0.3, -0.25) is 4.79 Å². The lowest BCUT2D eigenvalue weighted by Crippen LogP contribution is -2.38. The van der Waals surface area contributed by atoms with Crippen LogP contribution in [0.3, 0.4) is 0 Å². The smallest absolute Gasteiger partial charge is 0.392 e. The molecule has 1 rings (SSSR count). The van der Waals surface area contributed by atoms with Gasteiger partial charge < -0.3 is 10.6 Å². The number of halogens is 3. The van der Waals surface area contributed by atoms with Gasteiger partial charge in [0, 0.05) is 12.1 Å². The molecule has 1 aromatic rings. The van der Waals surface area contributed by atoms with Crippen molar-refractivity contribution in [2.45, 2.75) is 19.5 Å². The minimum atomic E-state index is -4.41. The van der Waals surface area contributed by atoms with E-state index in [9.17, 15) is 18.0 Å². The van der Waals surface area contributed by atoms with Crippen LogP contribution in [0.5, 0.6) is 0 Å². The summed E-state index contributed by atoms with van der Waals surface area (Å²) in [4.78, 5) is 13.7. The first-order valence-corrected chi connectivity index (χ1v) is 6.41. The quantitative estimate of drug-likeness (QED) is 0.851. The minimum absolute atomic E-state index is 0.114. The summed E-state index contributed by atoms with van der Waals surface area (Å²) >= 11 is 4.76. The average molecular weight is 304 g/mol. The van der Waals surface area contributed by atoms with Crippen LogP contribution in [0.25, 0.3) is 0 Å². The Hall–Kier alpha value is -1.63. The molecule has 2 N–H and O–H groups in total. The molecule has 0 unspecified atom stereocenters. The predicted molar refractivity (Wildman–Crippen MR) is 74.4 cm³/mol. The molecule has 0 fully saturated rings. The topological polar surface area (TPSA) is 46.3 Å². The van der Waals surface area contributed by atoms with Crippen molar-refractivity contribution >= 4 is 23.1 Å². The van der Waals surface area contributed by atoms with E-state index in [1.165, 1.54) is 4.90 Å². The first-order valence-electron chi connectivity index (χ1n) is 6.00. The second-order valence-electron chi connectivity index (χ2n) is 4.27. The van der Waals surface area contributed by atoms with E-state index in [1.807, 2.05) is 6.92 Å². The number of hydrogen-bond donors (Lipinski definition) is 1. The van der Waals surface area contributed by atoms with E-state index in [0.717, 1.165) is 24.3 Å². The second kappa shape index (κ2) is 6.69. The summed E-state index contributed by atoms with van der Waals surface area (Å²) in [7, 11) is 0. The molecule has 3 nitrogen and oxygen atoms in total. The van der Waals surface area contributed by atoms with Crippen LogP contribution in [-0.4, -0.2) is 28.9 Å². The Morgan fingerprint density at radius 3 is 2.25 bits per heavy atom. The Kier molecular flexibility index (Phi) is 5.50. The SMILES string of the molecule is CCCN(CC(N)=S)C(=O)c1ccc(C(F)(F)F)cc1. The maximum absolute atomic E-state index is 12.4.